The number of esters is 1. The van der Waals surface area contributed by atoms with Gasteiger partial charge in [0.1, 0.15) is 0 Å². The lowest BCUT2D eigenvalue weighted by molar-refractivity contribution is -0.144. The van der Waals surface area contributed by atoms with E-state index in [1.54, 1.807) is 0 Å². The van der Waals surface area contributed by atoms with Crippen molar-refractivity contribution in [2.45, 2.75) is 38.5 Å². The topological polar surface area (TPSA) is 26.3 Å². The van der Waals surface area contributed by atoms with Crippen LogP contribution in [0.5, 0.6) is 0 Å². The lowest BCUT2D eigenvalue weighted by Crippen LogP contribution is -2.12. The molecule has 86 valence electrons. The van der Waals surface area contributed by atoms with Crippen molar-refractivity contribution < 1.29 is 9.53 Å². The van der Waals surface area contributed by atoms with Gasteiger partial charge in [0, 0.05) is 0 Å². The van der Waals surface area contributed by atoms with Gasteiger partial charge >= 0.3 is 5.97 Å². The summed E-state index contributed by atoms with van der Waals surface area (Å²) in [5.74, 6) is 0.474. The van der Waals surface area contributed by atoms with Crippen molar-refractivity contribution in [3.8, 4) is 0 Å². The molecule has 0 bridgehead atoms. The normalized spacial score (nSPS) is 16.9. The Balaban J connectivity index is 2.05. The summed E-state index contributed by atoms with van der Waals surface area (Å²) in [6, 6.07) is 8.38. The van der Waals surface area contributed by atoms with E-state index in [1.807, 2.05) is 13.8 Å². The molecule has 1 unspecified atom stereocenters. The van der Waals surface area contributed by atoms with Gasteiger partial charge < -0.3 is 4.74 Å². The van der Waals surface area contributed by atoms with Crippen LogP contribution < -0.4 is 0 Å². The fourth-order valence-corrected chi connectivity index (χ4v) is 1.88. The Morgan fingerprint density at radius 3 is 2.50 bits per heavy atom. The van der Waals surface area contributed by atoms with Gasteiger partial charge in [-0.15, -0.1) is 0 Å². The molecule has 1 aliphatic carbocycles. The third-order valence-electron chi connectivity index (χ3n) is 3.13. The second-order valence-corrected chi connectivity index (χ2v) is 4.41. The number of hydrogen-bond acceptors (Lipinski definition) is 2. The Morgan fingerprint density at radius 2 is 2.00 bits per heavy atom. The molecule has 0 aliphatic heterocycles. The van der Waals surface area contributed by atoms with Crippen LogP contribution in [0.2, 0.25) is 0 Å². The quantitative estimate of drug-likeness (QED) is 0.725. The highest BCUT2D eigenvalue weighted by molar-refractivity contribution is 5.77. The first-order chi connectivity index (χ1) is 7.72. The molecule has 1 aromatic carbocycles. The van der Waals surface area contributed by atoms with E-state index in [2.05, 4.69) is 24.3 Å². The van der Waals surface area contributed by atoms with Gasteiger partial charge in [-0.05, 0) is 43.7 Å². The molecule has 1 saturated carbocycles. The summed E-state index contributed by atoms with van der Waals surface area (Å²) in [4.78, 5) is 11.6. The van der Waals surface area contributed by atoms with Crippen LogP contribution in [0, 0.1) is 0 Å². The fraction of sp³-hybridized carbons (Fsp3) is 0.500. The molecule has 2 nitrogen and oxygen atoms in total. The van der Waals surface area contributed by atoms with Gasteiger partial charge in [-0.1, -0.05) is 24.3 Å². The van der Waals surface area contributed by atoms with Gasteiger partial charge in [0.2, 0.25) is 0 Å². The van der Waals surface area contributed by atoms with Crippen molar-refractivity contribution in [1.82, 2.24) is 0 Å². The molecular formula is C14H18O2. The minimum atomic E-state index is -0.159. The summed E-state index contributed by atoms with van der Waals surface area (Å²) >= 11 is 0. The highest BCUT2D eigenvalue weighted by Crippen LogP contribution is 2.40. The van der Waals surface area contributed by atoms with Crippen LogP contribution in [-0.2, 0) is 9.53 Å². The zero-order valence-corrected chi connectivity index (χ0v) is 9.90. The number of ether oxygens (including phenoxy) is 1. The smallest absolute Gasteiger partial charge is 0.313 e. The first kappa shape index (κ1) is 11.2. The predicted molar refractivity (Wildman–Crippen MR) is 63.5 cm³/mol. The predicted octanol–water partition coefficient (Wildman–Crippen LogP) is 3.23. The molecule has 2 rings (SSSR count). The van der Waals surface area contributed by atoms with Crippen LogP contribution in [0.15, 0.2) is 24.3 Å². The van der Waals surface area contributed by atoms with Crippen LogP contribution >= 0.6 is 0 Å². The van der Waals surface area contributed by atoms with E-state index in [9.17, 15) is 4.79 Å². The zero-order chi connectivity index (χ0) is 11.5. The fourth-order valence-electron chi connectivity index (χ4n) is 1.88. The van der Waals surface area contributed by atoms with E-state index in [1.165, 1.54) is 18.4 Å². The average Bonchev–Trinajstić information content (AvgIpc) is 3.12. The standard InChI is InChI=1S/C14H18O2/c1-3-16-14(15)10(2)11-4-6-12(7-5-11)13-8-9-13/h4-7,10,13H,3,8-9H2,1-2H3. The summed E-state index contributed by atoms with van der Waals surface area (Å²) in [6.07, 6.45) is 2.62. The first-order valence-electron chi connectivity index (χ1n) is 5.99. The van der Waals surface area contributed by atoms with E-state index in [0.29, 0.717) is 6.61 Å². The Kier molecular flexibility index (Phi) is 3.28. The van der Waals surface area contributed by atoms with E-state index >= 15 is 0 Å². The monoisotopic (exact) mass is 218 g/mol. The molecule has 1 atom stereocenters. The average molecular weight is 218 g/mol. The third-order valence-corrected chi connectivity index (χ3v) is 3.13. The van der Waals surface area contributed by atoms with Gasteiger partial charge in [0.15, 0.2) is 0 Å². The summed E-state index contributed by atoms with van der Waals surface area (Å²) < 4.78 is 5.01. The van der Waals surface area contributed by atoms with Gasteiger partial charge in [0.25, 0.3) is 0 Å². The molecule has 0 spiro atoms. The van der Waals surface area contributed by atoms with Crippen LogP contribution in [-0.4, -0.2) is 12.6 Å². The van der Waals surface area contributed by atoms with Crippen molar-refractivity contribution in [3.63, 3.8) is 0 Å². The minimum absolute atomic E-state index is 0.137. The number of benzene rings is 1. The molecule has 1 aliphatic rings. The Bertz CT molecular complexity index is 363. The van der Waals surface area contributed by atoms with Crippen molar-refractivity contribution >= 4 is 5.97 Å². The second kappa shape index (κ2) is 4.69. The number of rotatable bonds is 4. The molecule has 1 aromatic rings. The molecule has 0 aromatic heterocycles. The van der Waals surface area contributed by atoms with E-state index < -0.39 is 0 Å². The molecule has 0 saturated heterocycles. The van der Waals surface area contributed by atoms with E-state index in [4.69, 9.17) is 4.74 Å². The summed E-state index contributed by atoms with van der Waals surface area (Å²) in [5.41, 5.74) is 2.45. The molecular weight excluding hydrogens is 200 g/mol. The SMILES string of the molecule is CCOC(=O)C(C)c1ccc(C2CC2)cc1. The van der Waals surface area contributed by atoms with Crippen LogP contribution in [0.3, 0.4) is 0 Å². The Hall–Kier alpha value is -1.31. The van der Waals surface area contributed by atoms with E-state index in [-0.39, 0.29) is 11.9 Å². The van der Waals surface area contributed by atoms with Crippen molar-refractivity contribution in [1.29, 1.82) is 0 Å². The molecule has 0 radical (unpaired) electrons. The maximum Gasteiger partial charge on any atom is 0.313 e. The maximum absolute atomic E-state index is 11.6. The number of carbonyl (C=O) groups excluding carboxylic acids is 1. The molecule has 0 N–H and O–H groups in total. The number of hydrogen-bond donors (Lipinski definition) is 0. The molecule has 0 amide bonds. The highest BCUT2D eigenvalue weighted by Gasteiger charge is 2.23. The van der Waals surface area contributed by atoms with Crippen molar-refractivity contribution in [2.24, 2.45) is 0 Å². The minimum Gasteiger partial charge on any atom is -0.466 e. The summed E-state index contributed by atoms with van der Waals surface area (Å²) in [5, 5.41) is 0. The molecule has 16 heavy (non-hydrogen) atoms. The maximum atomic E-state index is 11.6. The Morgan fingerprint density at radius 1 is 1.38 bits per heavy atom. The van der Waals surface area contributed by atoms with Crippen LogP contribution in [0.4, 0.5) is 0 Å². The molecule has 2 heteroatoms. The summed E-state index contributed by atoms with van der Waals surface area (Å²) in [6.45, 7) is 4.17. The lowest BCUT2D eigenvalue weighted by Gasteiger charge is -2.11. The lowest BCUT2D eigenvalue weighted by atomic mass is 9.99. The van der Waals surface area contributed by atoms with Gasteiger partial charge in [0.05, 0.1) is 12.5 Å². The zero-order valence-electron chi connectivity index (χ0n) is 9.90. The van der Waals surface area contributed by atoms with Gasteiger partial charge in [-0.2, -0.15) is 0 Å². The number of carbonyl (C=O) groups is 1. The third kappa shape index (κ3) is 2.43. The molecule has 1 fully saturated rings. The van der Waals surface area contributed by atoms with Gasteiger partial charge in [-0.3, -0.25) is 4.79 Å². The van der Waals surface area contributed by atoms with E-state index in [0.717, 1.165) is 11.5 Å². The van der Waals surface area contributed by atoms with Gasteiger partial charge in [-0.25, -0.2) is 0 Å². The second-order valence-electron chi connectivity index (χ2n) is 4.41. The van der Waals surface area contributed by atoms with Crippen molar-refractivity contribution in [2.75, 3.05) is 6.61 Å². The highest BCUT2D eigenvalue weighted by atomic mass is 16.5. The van der Waals surface area contributed by atoms with Crippen LogP contribution in [0.25, 0.3) is 0 Å². The first-order valence-corrected chi connectivity index (χ1v) is 5.99. The Labute approximate surface area is 96.6 Å². The molecule has 0 heterocycles. The van der Waals surface area contributed by atoms with Crippen molar-refractivity contribution in [3.05, 3.63) is 35.4 Å². The summed E-state index contributed by atoms with van der Waals surface area (Å²) in [7, 11) is 0. The largest absolute Gasteiger partial charge is 0.466 e. The van der Waals surface area contributed by atoms with Crippen LogP contribution in [0.1, 0.15) is 49.7 Å².